The number of hydrogen-bond acceptors (Lipinski definition) is 5. The fourth-order valence-electron chi connectivity index (χ4n) is 2.77. The number of para-hydroxylation sites is 1. The molecule has 20 heavy (non-hydrogen) atoms. The van der Waals surface area contributed by atoms with E-state index in [-0.39, 0.29) is 6.61 Å². The van der Waals surface area contributed by atoms with Crippen LogP contribution in [0, 0.1) is 0 Å². The summed E-state index contributed by atoms with van der Waals surface area (Å²) in [5, 5.41) is 0. The van der Waals surface area contributed by atoms with Gasteiger partial charge in [-0.2, -0.15) is 0 Å². The first-order valence-electron chi connectivity index (χ1n) is 6.24. The minimum atomic E-state index is -1.37. The molecule has 6 nitrogen and oxygen atoms in total. The molecule has 0 N–H and O–H groups in total. The summed E-state index contributed by atoms with van der Waals surface area (Å²) in [4.78, 5) is 36.5. The molecule has 0 aromatic heterocycles. The van der Waals surface area contributed by atoms with Crippen LogP contribution in [-0.2, 0) is 29.5 Å². The van der Waals surface area contributed by atoms with Crippen molar-refractivity contribution < 1.29 is 23.9 Å². The molecular formula is C14H13NO5. The van der Waals surface area contributed by atoms with Crippen LogP contribution in [0.25, 0.3) is 0 Å². The molecule has 1 spiro atoms. The molecule has 0 unspecified atom stereocenters. The molecule has 1 saturated heterocycles. The fourth-order valence-corrected chi connectivity index (χ4v) is 2.77. The Kier molecular flexibility index (Phi) is 2.65. The highest BCUT2D eigenvalue weighted by atomic mass is 16.6. The molecule has 2 atom stereocenters. The van der Waals surface area contributed by atoms with Crippen LogP contribution in [0.2, 0.25) is 0 Å². The molecule has 0 radical (unpaired) electrons. The predicted octanol–water partition coefficient (Wildman–Crippen LogP) is 0.737. The van der Waals surface area contributed by atoms with E-state index in [1.807, 2.05) is 0 Å². The number of ether oxygens (including phenoxy) is 2. The number of benzene rings is 1. The van der Waals surface area contributed by atoms with Crippen molar-refractivity contribution in [1.29, 1.82) is 0 Å². The highest BCUT2D eigenvalue weighted by Crippen LogP contribution is 2.50. The fraction of sp³-hybridized carbons (Fsp3) is 0.357. The normalized spacial score (nSPS) is 27.2. The van der Waals surface area contributed by atoms with Gasteiger partial charge in [0.1, 0.15) is 0 Å². The Morgan fingerprint density at radius 2 is 2.05 bits per heavy atom. The average Bonchev–Trinajstić information content (AvgIpc) is 2.64. The third-order valence-corrected chi connectivity index (χ3v) is 3.60. The molecule has 0 aliphatic carbocycles. The quantitative estimate of drug-likeness (QED) is 0.707. The van der Waals surface area contributed by atoms with E-state index in [4.69, 9.17) is 9.47 Å². The Hall–Kier alpha value is -2.21. The van der Waals surface area contributed by atoms with Gasteiger partial charge in [0.2, 0.25) is 11.5 Å². The minimum absolute atomic E-state index is 0.144. The minimum Gasteiger partial charge on any atom is -0.456 e. The van der Waals surface area contributed by atoms with Crippen molar-refractivity contribution in [1.82, 2.24) is 0 Å². The molecule has 104 valence electrons. The van der Waals surface area contributed by atoms with Gasteiger partial charge < -0.3 is 9.47 Å². The predicted molar refractivity (Wildman–Crippen MR) is 67.8 cm³/mol. The van der Waals surface area contributed by atoms with E-state index in [0.717, 1.165) is 4.90 Å². The number of fused-ring (bicyclic) bond motifs is 2. The van der Waals surface area contributed by atoms with E-state index in [1.165, 1.54) is 13.8 Å². The van der Waals surface area contributed by atoms with Crippen molar-refractivity contribution in [2.45, 2.75) is 25.6 Å². The smallest absolute Gasteiger partial charge is 0.303 e. The summed E-state index contributed by atoms with van der Waals surface area (Å²) >= 11 is 0. The standard InChI is InChI=1S/C14H13NO5/c1-8(16)15-11-6-4-3-5-10(11)14(13(15)18)12(7-19-14)20-9(2)17/h3-6,12H,7H2,1-2H3/t12-,14+/m1/s1. The maximum atomic E-state index is 12.6. The lowest BCUT2D eigenvalue weighted by Gasteiger charge is -2.43. The second-order valence-electron chi connectivity index (χ2n) is 4.82. The van der Waals surface area contributed by atoms with Gasteiger partial charge in [0.15, 0.2) is 6.10 Å². The van der Waals surface area contributed by atoms with Gasteiger partial charge in [-0.15, -0.1) is 0 Å². The number of rotatable bonds is 1. The van der Waals surface area contributed by atoms with E-state index in [9.17, 15) is 14.4 Å². The molecule has 1 fully saturated rings. The van der Waals surface area contributed by atoms with Crippen LogP contribution < -0.4 is 4.90 Å². The molecule has 2 aliphatic heterocycles. The third-order valence-electron chi connectivity index (χ3n) is 3.60. The van der Waals surface area contributed by atoms with E-state index in [2.05, 4.69) is 0 Å². The average molecular weight is 275 g/mol. The van der Waals surface area contributed by atoms with Gasteiger partial charge in [0.05, 0.1) is 12.3 Å². The van der Waals surface area contributed by atoms with Crippen LogP contribution in [0.4, 0.5) is 5.69 Å². The van der Waals surface area contributed by atoms with Crippen LogP contribution >= 0.6 is 0 Å². The summed E-state index contributed by atoms with van der Waals surface area (Å²) < 4.78 is 10.6. The second kappa shape index (κ2) is 4.14. The Bertz CT molecular complexity index is 626. The van der Waals surface area contributed by atoms with Crippen LogP contribution in [0.3, 0.4) is 0 Å². The Morgan fingerprint density at radius 3 is 2.60 bits per heavy atom. The lowest BCUT2D eigenvalue weighted by molar-refractivity contribution is -0.244. The van der Waals surface area contributed by atoms with Gasteiger partial charge in [-0.05, 0) is 6.07 Å². The number of nitrogens with zero attached hydrogens (tertiary/aromatic N) is 1. The highest BCUT2D eigenvalue weighted by Gasteiger charge is 2.65. The Labute approximate surface area is 115 Å². The number of anilines is 1. The lowest BCUT2D eigenvalue weighted by atomic mass is 9.85. The van der Waals surface area contributed by atoms with Crippen LogP contribution in [0.5, 0.6) is 0 Å². The van der Waals surface area contributed by atoms with Gasteiger partial charge in [-0.3, -0.25) is 14.4 Å². The van der Waals surface area contributed by atoms with Gasteiger partial charge in [-0.25, -0.2) is 4.90 Å². The number of esters is 1. The molecule has 2 amide bonds. The first-order valence-corrected chi connectivity index (χ1v) is 6.24. The van der Waals surface area contributed by atoms with Crippen LogP contribution in [0.1, 0.15) is 19.4 Å². The monoisotopic (exact) mass is 275 g/mol. The number of hydrogen-bond donors (Lipinski definition) is 0. The highest BCUT2D eigenvalue weighted by molar-refractivity contribution is 6.22. The van der Waals surface area contributed by atoms with Gasteiger partial charge in [0.25, 0.3) is 5.91 Å². The van der Waals surface area contributed by atoms with E-state index in [0.29, 0.717) is 11.3 Å². The van der Waals surface area contributed by atoms with Gasteiger partial charge >= 0.3 is 5.97 Å². The molecule has 1 aromatic rings. The molecule has 2 heterocycles. The van der Waals surface area contributed by atoms with E-state index in [1.54, 1.807) is 24.3 Å². The molecule has 3 rings (SSSR count). The van der Waals surface area contributed by atoms with Crippen molar-refractivity contribution in [3.8, 4) is 0 Å². The van der Waals surface area contributed by atoms with Crippen molar-refractivity contribution in [2.24, 2.45) is 0 Å². The molecule has 2 aliphatic rings. The van der Waals surface area contributed by atoms with Crippen LogP contribution in [-0.4, -0.2) is 30.5 Å². The zero-order chi connectivity index (χ0) is 14.5. The molecule has 1 aromatic carbocycles. The largest absolute Gasteiger partial charge is 0.456 e. The molecule has 6 heteroatoms. The number of carbonyl (C=O) groups is 3. The summed E-state index contributed by atoms with van der Waals surface area (Å²) in [5.41, 5.74) is -0.312. The van der Waals surface area contributed by atoms with E-state index < -0.39 is 29.5 Å². The summed E-state index contributed by atoms with van der Waals surface area (Å²) in [6.07, 6.45) is -0.696. The summed E-state index contributed by atoms with van der Waals surface area (Å²) in [5.74, 6) is -1.37. The summed E-state index contributed by atoms with van der Waals surface area (Å²) in [7, 11) is 0. The van der Waals surface area contributed by atoms with Gasteiger partial charge in [-0.1, -0.05) is 18.2 Å². The molecule has 0 saturated carbocycles. The third kappa shape index (κ3) is 1.45. The zero-order valence-electron chi connectivity index (χ0n) is 11.1. The van der Waals surface area contributed by atoms with Crippen molar-refractivity contribution >= 4 is 23.5 Å². The zero-order valence-corrected chi connectivity index (χ0v) is 11.1. The molecule has 0 bridgehead atoms. The molecular weight excluding hydrogens is 262 g/mol. The Balaban J connectivity index is 2.11. The first-order chi connectivity index (χ1) is 9.48. The number of amides is 2. The van der Waals surface area contributed by atoms with Gasteiger partial charge in [0, 0.05) is 19.4 Å². The van der Waals surface area contributed by atoms with E-state index >= 15 is 0 Å². The second-order valence-corrected chi connectivity index (χ2v) is 4.82. The first kappa shape index (κ1) is 12.8. The Morgan fingerprint density at radius 1 is 1.35 bits per heavy atom. The summed E-state index contributed by atoms with van der Waals surface area (Å²) in [6.45, 7) is 2.73. The lowest BCUT2D eigenvalue weighted by Crippen LogP contribution is -2.62. The van der Waals surface area contributed by atoms with Crippen molar-refractivity contribution in [3.63, 3.8) is 0 Å². The van der Waals surface area contributed by atoms with Crippen molar-refractivity contribution in [2.75, 3.05) is 11.5 Å². The van der Waals surface area contributed by atoms with Crippen LogP contribution in [0.15, 0.2) is 24.3 Å². The van der Waals surface area contributed by atoms with Crippen molar-refractivity contribution in [3.05, 3.63) is 29.8 Å². The SMILES string of the molecule is CC(=O)O[C@@H]1CO[C@]12C(=O)N(C(C)=O)c1ccccc12. The number of carbonyl (C=O) groups excluding carboxylic acids is 3. The maximum absolute atomic E-state index is 12.6. The number of imide groups is 1. The maximum Gasteiger partial charge on any atom is 0.303 e. The topological polar surface area (TPSA) is 72.9 Å². The summed E-state index contributed by atoms with van der Waals surface area (Å²) in [6, 6.07) is 6.88.